The zero-order valence-corrected chi connectivity index (χ0v) is 11.2. The maximum atomic E-state index is 2.56. The zero-order valence-electron chi connectivity index (χ0n) is 11.2. The third-order valence-corrected chi connectivity index (χ3v) is 6.62. The molecule has 16 heavy (non-hydrogen) atoms. The van der Waals surface area contributed by atoms with Crippen LogP contribution in [0.1, 0.15) is 71.6 Å². The molecule has 0 aromatic carbocycles. The summed E-state index contributed by atoms with van der Waals surface area (Å²) in [5.74, 6) is 4.39. The van der Waals surface area contributed by atoms with Crippen molar-refractivity contribution in [3.63, 3.8) is 0 Å². The highest BCUT2D eigenvalue weighted by molar-refractivity contribution is 5.09. The fraction of sp³-hybridized carbons (Fsp3) is 1.00. The molecular weight excluding hydrogens is 192 g/mol. The lowest BCUT2D eigenvalue weighted by Gasteiger charge is -2.59. The van der Waals surface area contributed by atoms with Gasteiger partial charge in [-0.1, -0.05) is 46.0 Å². The zero-order chi connectivity index (χ0) is 11.2. The Morgan fingerprint density at radius 2 is 1.81 bits per heavy atom. The van der Waals surface area contributed by atoms with Crippen molar-refractivity contribution in [3.8, 4) is 0 Å². The van der Waals surface area contributed by atoms with Crippen molar-refractivity contribution in [1.82, 2.24) is 0 Å². The molecule has 0 spiro atoms. The molecule has 3 saturated carbocycles. The standard InChI is InChI=1S/C16H28/c1-3-16-10-6-9-14(16)12(2)15(16)11-13-7-4-5-8-13/h12-15H,3-11H2,1-2H3. The number of hydrogen-bond donors (Lipinski definition) is 0. The Bertz CT molecular complexity index is 251. The maximum Gasteiger partial charge on any atom is -0.0238 e. The van der Waals surface area contributed by atoms with Crippen molar-refractivity contribution in [1.29, 1.82) is 0 Å². The molecule has 0 radical (unpaired) electrons. The predicted molar refractivity (Wildman–Crippen MR) is 69.3 cm³/mol. The third-order valence-electron chi connectivity index (χ3n) is 6.62. The summed E-state index contributed by atoms with van der Waals surface area (Å²) in [5, 5.41) is 0. The largest absolute Gasteiger partial charge is 0.0648 e. The van der Waals surface area contributed by atoms with E-state index in [-0.39, 0.29) is 0 Å². The van der Waals surface area contributed by atoms with Gasteiger partial charge in [0.1, 0.15) is 0 Å². The molecule has 3 fully saturated rings. The van der Waals surface area contributed by atoms with E-state index in [9.17, 15) is 0 Å². The molecule has 0 aliphatic heterocycles. The lowest BCUT2D eigenvalue weighted by molar-refractivity contribution is -0.106. The molecule has 92 valence electrons. The van der Waals surface area contributed by atoms with Crippen LogP contribution in [-0.2, 0) is 0 Å². The van der Waals surface area contributed by atoms with E-state index >= 15 is 0 Å². The molecule has 3 aliphatic rings. The van der Waals surface area contributed by atoms with E-state index in [1.54, 1.807) is 32.1 Å². The lowest BCUT2D eigenvalue weighted by atomic mass is 9.46. The molecule has 0 heterocycles. The second-order valence-corrected chi connectivity index (χ2v) is 6.94. The van der Waals surface area contributed by atoms with Gasteiger partial charge in [0.15, 0.2) is 0 Å². The van der Waals surface area contributed by atoms with Crippen LogP contribution in [0.25, 0.3) is 0 Å². The van der Waals surface area contributed by atoms with Crippen molar-refractivity contribution >= 4 is 0 Å². The first-order chi connectivity index (χ1) is 7.78. The minimum absolute atomic E-state index is 0.821. The van der Waals surface area contributed by atoms with Gasteiger partial charge in [-0.25, -0.2) is 0 Å². The molecule has 0 N–H and O–H groups in total. The number of rotatable bonds is 3. The van der Waals surface area contributed by atoms with Gasteiger partial charge in [0.25, 0.3) is 0 Å². The summed E-state index contributed by atoms with van der Waals surface area (Å²) >= 11 is 0. The molecule has 0 heteroatoms. The topological polar surface area (TPSA) is 0 Å². The first-order valence-electron chi connectivity index (χ1n) is 7.78. The van der Waals surface area contributed by atoms with Gasteiger partial charge in [-0.05, 0) is 54.8 Å². The van der Waals surface area contributed by atoms with E-state index in [2.05, 4.69) is 13.8 Å². The van der Waals surface area contributed by atoms with Crippen molar-refractivity contribution in [2.24, 2.45) is 29.1 Å². The molecule has 0 nitrogen and oxygen atoms in total. The summed E-state index contributed by atoms with van der Waals surface area (Å²) in [4.78, 5) is 0. The van der Waals surface area contributed by atoms with Crippen LogP contribution in [0.5, 0.6) is 0 Å². The van der Waals surface area contributed by atoms with E-state index < -0.39 is 0 Å². The van der Waals surface area contributed by atoms with Crippen molar-refractivity contribution in [3.05, 3.63) is 0 Å². The second kappa shape index (κ2) is 4.03. The van der Waals surface area contributed by atoms with Crippen LogP contribution >= 0.6 is 0 Å². The van der Waals surface area contributed by atoms with Gasteiger partial charge in [0.2, 0.25) is 0 Å². The SMILES string of the molecule is CCC12CCCC1C(C)C2CC1CCCC1. The summed E-state index contributed by atoms with van der Waals surface area (Å²) in [5.41, 5.74) is 0.821. The number of fused-ring (bicyclic) bond motifs is 1. The molecular formula is C16H28. The highest BCUT2D eigenvalue weighted by atomic mass is 14.6. The first-order valence-corrected chi connectivity index (χ1v) is 7.78. The van der Waals surface area contributed by atoms with E-state index in [0.29, 0.717) is 0 Å². The Morgan fingerprint density at radius 3 is 2.50 bits per heavy atom. The van der Waals surface area contributed by atoms with Crippen molar-refractivity contribution < 1.29 is 0 Å². The molecule has 0 amide bonds. The van der Waals surface area contributed by atoms with Crippen molar-refractivity contribution in [2.75, 3.05) is 0 Å². The minimum Gasteiger partial charge on any atom is -0.0648 e. The van der Waals surface area contributed by atoms with Crippen LogP contribution in [0.15, 0.2) is 0 Å². The monoisotopic (exact) mass is 220 g/mol. The fourth-order valence-corrected chi connectivity index (χ4v) is 5.81. The van der Waals surface area contributed by atoms with E-state index in [4.69, 9.17) is 0 Å². The highest BCUT2D eigenvalue weighted by Gasteiger charge is 2.60. The highest BCUT2D eigenvalue weighted by Crippen LogP contribution is 2.67. The molecule has 0 aromatic rings. The van der Waals surface area contributed by atoms with Gasteiger partial charge >= 0.3 is 0 Å². The molecule has 4 unspecified atom stereocenters. The summed E-state index contributed by atoms with van der Waals surface area (Å²) in [6, 6.07) is 0. The van der Waals surface area contributed by atoms with E-state index in [0.717, 1.165) is 29.1 Å². The smallest absolute Gasteiger partial charge is 0.0238 e. The summed E-state index contributed by atoms with van der Waals surface area (Å²) in [6.45, 7) is 5.02. The summed E-state index contributed by atoms with van der Waals surface area (Å²) in [7, 11) is 0. The maximum absolute atomic E-state index is 2.56. The Kier molecular flexibility index (Phi) is 2.80. The van der Waals surface area contributed by atoms with Crippen LogP contribution in [0.3, 0.4) is 0 Å². The number of hydrogen-bond acceptors (Lipinski definition) is 0. The third kappa shape index (κ3) is 1.41. The average Bonchev–Trinajstić information content (AvgIpc) is 2.93. The Hall–Kier alpha value is 0. The average molecular weight is 220 g/mol. The van der Waals surface area contributed by atoms with Gasteiger partial charge < -0.3 is 0 Å². The van der Waals surface area contributed by atoms with Gasteiger partial charge in [-0.2, -0.15) is 0 Å². The summed E-state index contributed by atoms with van der Waals surface area (Å²) < 4.78 is 0. The van der Waals surface area contributed by atoms with Crippen LogP contribution < -0.4 is 0 Å². The van der Waals surface area contributed by atoms with Crippen LogP contribution in [0, 0.1) is 29.1 Å². The van der Waals surface area contributed by atoms with Crippen LogP contribution in [-0.4, -0.2) is 0 Å². The molecule has 0 aromatic heterocycles. The van der Waals surface area contributed by atoms with E-state index in [1.807, 2.05) is 0 Å². The predicted octanol–water partition coefficient (Wildman–Crippen LogP) is 5.03. The van der Waals surface area contributed by atoms with Crippen LogP contribution in [0.2, 0.25) is 0 Å². The lowest BCUT2D eigenvalue weighted by Crippen LogP contribution is -2.52. The van der Waals surface area contributed by atoms with Crippen LogP contribution in [0.4, 0.5) is 0 Å². The van der Waals surface area contributed by atoms with Crippen molar-refractivity contribution in [2.45, 2.75) is 71.6 Å². The Balaban J connectivity index is 1.69. The molecule has 0 saturated heterocycles. The van der Waals surface area contributed by atoms with E-state index in [1.165, 1.54) is 25.7 Å². The molecule has 4 atom stereocenters. The quantitative estimate of drug-likeness (QED) is 0.626. The van der Waals surface area contributed by atoms with Gasteiger partial charge in [0.05, 0.1) is 0 Å². The Morgan fingerprint density at radius 1 is 1.06 bits per heavy atom. The molecule has 3 aliphatic carbocycles. The second-order valence-electron chi connectivity index (χ2n) is 6.94. The van der Waals surface area contributed by atoms with Gasteiger partial charge in [0, 0.05) is 0 Å². The van der Waals surface area contributed by atoms with Gasteiger partial charge in [-0.3, -0.25) is 0 Å². The molecule has 0 bridgehead atoms. The summed E-state index contributed by atoms with van der Waals surface area (Å²) in [6.07, 6.45) is 13.9. The fourth-order valence-electron chi connectivity index (χ4n) is 5.81. The minimum atomic E-state index is 0.821. The normalized spacial score (nSPS) is 48.0. The first kappa shape index (κ1) is 11.1. The van der Waals surface area contributed by atoms with Gasteiger partial charge in [-0.15, -0.1) is 0 Å². The Labute approximate surface area is 101 Å². The molecule has 3 rings (SSSR count).